The average Bonchev–Trinajstić information content (AvgIpc) is 2.44. The van der Waals surface area contributed by atoms with Gasteiger partial charge in [0.2, 0.25) is 5.91 Å². The minimum atomic E-state index is -0.478. The minimum absolute atomic E-state index is 0.0677. The number of hydrogen-bond acceptors (Lipinski definition) is 3. The van der Waals surface area contributed by atoms with E-state index in [1.165, 1.54) is 0 Å². The van der Waals surface area contributed by atoms with E-state index in [0.717, 1.165) is 25.1 Å². The summed E-state index contributed by atoms with van der Waals surface area (Å²) in [5, 5.41) is 2.88. The van der Waals surface area contributed by atoms with Crippen molar-refractivity contribution in [3.63, 3.8) is 0 Å². The average molecular weight is 274 g/mol. The van der Waals surface area contributed by atoms with E-state index in [-0.39, 0.29) is 11.7 Å². The molecule has 0 bridgehead atoms. The Labute approximate surface area is 120 Å². The van der Waals surface area contributed by atoms with Crippen LogP contribution in [0.1, 0.15) is 37.0 Å². The Morgan fingerprint density at radius 2 is 2.00 bits per heavy atom. The molecular weight excluding hydrogens is 252 g/mol. The fourth-order valence-corrected chi connectivity index (χ4v) is 2.53. The molecule has 1 fully saturated rings. The Morgan fingerprint density at radius 1 is 1.30 bits per heavy atom. The van der Waals surface area contributed by atoms with Gasteiger partial charge in [-0.1, -0.05) is 30.3 Å². The number of carbonyl (C=O) groups is 2. The van der Waals surface area contributed by atoms with Crippen molar-refractivity contribution in [1.29, 1.82) is 0 Å². The summed E-state index contributed by atoms with van der Waals surface area (Å²) in [7, 11) is 0. The predicted octanol–water partition coefficient (Wildman–Crippen LogP) is 1.86. The summed E-state index contributed by atoms with van der Waals surface area (Å²) in [4.78, 5) is 26.0. The summed E-state index contributed by atoms with van der Waals surface area (Å²) in [5.74, 6) is 0.239. The maximum atomic E-state index is 12.0. The molecule has 2 rings (SSSR count). The van der Waals surface area contributed by atoms with Crippen LogP contribution in [0.25, 0.3) is 0 Å². The quantitative estimate of drug-likeness (QED) is 0.834. The lowest BCUT2D eigenvalue weighted by molar-refractivity contribution is -0.135. The highest BCUT2D eigenvalue weighted by molar-refractivity contribution is 5.95. The number of nitrogens with one attached hydrogen (secondary N) is 1. The van der Waals surface area contributed by atoms with E-state index < -0.39 is 5.54 Å². The largest absolute Gasteiger partial charge is 0.353 e. The normalized spacial score (nSPS) is 18.6. The number of amides is 1. The van der Waals surface area contributed by atoms with Crippen LogP contribution in [0.4, 0.5) is 0 Å². The Bertz CT molecular complexity index is 483. The van der Waals surface area contributed by atoms with Gasteiger partial charge in [0.05, 0.1) is 5.54 Å². The van der Waals surface area contributed by atoms with Gasteiger partial charge in [0.25, 0.3) is 0 Å². The van der Waals surface area contributed by atoms with Crippen molar-refractivity contribution in [2.75, 3.05) is 19.6 Å². The lowest BCUT2D eigenvalue weighted by atomic mass is 9.98. The molecule has 1 saturated heterocycles. The number of ketones is 1. The number of carbonyl (C=O) groups excluding carboxylic acids is 2. The molecule has 1 aromatic carbocycles. The van der Waals surface area contributed by atoms with Gasteiger partial charge in [0.1, 0.15) is 0 Å². The number of piperazine rings is 1. The molecule has 0 atom stereocenters. The molecule has 0 aromatic heterocycles. The minimum Gasteiger partial charge on any atom is -0.353 e. The van der Waals surface area contributed by atoms with Crippen molar-refractivity contribution in [3.8, 4) is 0 Å². The van der Waals surface area contributed by atoms with E-state index in [2.05, 4.69) is 10.2 Å². The first-order valence-corrected chi connectivity index (χ1v) is 7.13. The van der Waals surface area contributed by atoms with E-state index in [4.69, 9.17) is 0 Å². The number of Topliss-reactive ketones (excluding diaryl/α,β-unsaturated/α-hetero) is 1. The van der Waals surface area contributed by atoms with Crippen molar-refractivity contribution in [3.05, 3.63) is 35.9 Å². The van der Waals surface area contributed by atoms with Gasteiger partial charge in [-0.25, -0.2) is 0 Å². The van der Waals surface area contributed by atoms with Crippen molar-refractivity contribution >= 4 is 11.7 Å². The number of rotatable bonds is 5. The third-order valence-corrected chi connectivity index (χ3v) is 3.94. The molecule has 20 heavy (non-hydrogen) atoms. The molecule has 1 N–H and O–H groups in total. The van der Waals surface area contributed by atoms with E-state index >= 15 is 0 Å². The second-order valence-electron chi connectivity index (χ2n) is 5.69. The van der Waals surface area contributed by atoms with Crippen LogP contribution in [-0.4, -0.2) is 41.8 Å². The molecule has 1 aromatic rings. The van der Waals surface area contributed by atoms with Crippen LogP contribution >= 0.6 is 0 Å². The molecule has 0 aliphatic carbocycles. The van der Waals surface area contributed by atoms with Crippen molar-refractivity contribution in [2.45, 2.75) is 32.2 Å². The lowest BCUT2D eigenvalue weighted by Crippen LogP contribution is -2.61. The Hall–Kier alpha value is -1.68. The molecule has 1 aliphatic heterocycles. The summed E-state index contributed by atoms with van der Waals surface area (Å²) < 4.78 is 0. The topological polar surface area (TPSA) is 49.4 Å². The highest BCUT2D eigenvalue weighted by Gasteiger charge is 2.36. The smallest absolute Gasteiger partial charge is 0.239 e. The molecule has 108 valence electrons. The van der Waals surface area contributed by atoms with Crippen LogP contribution in [-0.2, 0) is 4.79 Å². The molecule has 0 spiro atoms. The third-order valence-electron chi connectivity index (χ3n) is 3.94. The van der Waals surface area contributed by atoms with Crippen LogP contribution in [0.5, 0.6) is 0 Å². The van der Waals surface area contributed by atoms with E-state index in [0.29, 0.717) is 13.0 Å². The predicted molar refractivity (Wildman–Crippen MR) is 78.7 cm³/mol. The number of nitrogens with zero attached hydrogens (tertiary/aromatic N) is 1. The summed E-state index contributed by atoms with van der Waals surface area (Å²) >= 11 is 0. The Balaban J connectivity index is 1.84. The van der Waals surface area contributed by atoms with Crippen LogP contribution in [0.2, 0.25) is 0 Å². The molecule has 4 nitrogen and oxygen atoms in total. The summed E-state index contributed by atoms with van der Waals surface area (Å²) in [6.07, 6.45) is 1.31. The fourth-order valence-electron chi connectivity index (χ4n) is 2.53. The van der Waals surface area contributed by atoms with E-state index in [9.17, 15) is 9.59 Å². The standard InChI is InChI=1S/C16H22N2O2/c1-16(2)15(20)17-10-12-18(16)11-6-9-14(19)13-7-4-3-5-8-13/h3-5,7-8H,6,9-12H2,1-2H3,(H,17,20). The van der Waals surface area contributed by atoms with Gasteiger partial charge in [-0.05, 0) is 26.8 Å². The van der Waals surface area contributed by atoms with Crippen molar-refractivity contribution in [2.24, 2.45) is 0 Å². The highest BCUT2D eigenvalue weighted by atomic mass is 16.2. The summed E-state index contributed by atoms with van der Waals surface area (Å²) in [6, 6.07) is 9.36. The Morgan fingerprint density at radius 3 is 2.70 bits per heavy atom. The fraction of sp³-hybridized carbons (Fsp3) is 0.500. The van der Waals surface area contributed by atoms with Gasteiger partial charge in [-0.15, -0.1) is 0 Å². The maximum absolute atomic E-state index is 12.0. The van der Waals surface area contributed by atoms with E-state index in [1.54, 1.807) is 0 Å². The molecule has 4 heteroatoms. The van der Waals surface area contributed by atoms with Gasteiger partial charge in [-0.3, -0.25) is 14.5 Å². The first-order valence-electron chi connectivity index (χ1n) is 7.13. The first kappa shape index (κ1) is 14.7. The molecule has 0 saturated carbocycles. The second kappa shape index (κ2) is 6.18. The monoisotopic (exact) mass is 274 g/mol. The number of hydrogen-bond donors (Lipinski definition) is 1. The highest BCUT2D eigenvalue weighted by Crippen LogP contribution is 2.18. The molecular formula is C16H22N2O2. The molecule has 0 radical (unpaired) electrons. The Kier molecular flexibility index (Phi) is 4.55. The zero-order valence-corrected chi connectivity index (χ0v) is 12.2. The van der Waals surface area contributed by atoms with Gasteiger partial charge in [-0.2, -0.15) is 0 Å². The SMILES string of the molecule is CC1(C)C(=O)NCCN1CCCC(=O)c1ccccc1. The van der Waals surface area contributed by atoms with Gasteiger partial charge in [0.15, 0.2) is 5.78 Å². The van der Waals surface area contributed by atoms with Crippen LogP contribution < -0.4 is 5.32 Å². The van der Waals surface area contributed by atoms with Crippen LogP contribution in [0.3, 0.4) is 0 Å². The van der Waals surface area contributed by atoms with Crippen molar-refractivity contribution < 1.29 is 9.59 Å². The van der Waals surface area contributed by atoms with Gasteiger partial charge in [0, 0.05) is 25.1 Å². The zero-order chi connectivity index (χ0) is 14.6. The molecule has 1 heterocycles. The summed E-state index contributed by atoms with van der Waals surface area (Å²) in [6.45, 7) is 6.17. The van der Waals surface area contributed by atoms with Crippen LogP contribution in [0.15, 0.2) is 30.3 Å². The van der Waals surface area contributed by atoms with Crippen molar-refractivity contribution in [1.82, 2.24) is 10.2 Å². The third kappa shape index (κ3) is 3.25. The van der Waals surface area contributed by atoms with E-state index in [1.807, 2.05) is 44.2 Å². The zero-order valence-electron chi connectivity index (χ0n) is 12.2. The van der Waals surface area contributed by atoms with Gasteiger partial charge < -0.3 is 5.32 Å². The molecule has 1 amide bonds. The second-order valence-corrected chi connectivity index (χ2v) is 5.69. The lowest BCUT2D eigenvalue weighted by Gasteiger charge is -2.41. The first-order chi connectivity index (χ1) is 9.51. The summed E-state index contributed by atoms with van der Waals surface area (Å²) in [5.41, 5.74) is 0.289. The van der Waals surface area contributed by atoms with Crippen LogP contribution in [0, 0.1) is 0 Å². The molecule has 0 unspecified atom stereocenters. The number of benzene rings is 1. The van der Waals surface area contributed by atoms with Gasteiger partial charge >= 0.3 is 0 Å². The maximum Gasteiger partial charge on any atom is 0.239 e. The molecule has 1 aliphatic rings.